The summed E-state index contributed by atoms with van der Waals surface area (Å²) in [6.07, 6.45) is 3.84. The van der Waals surface area contributed by atoms with Crippen LogP contribution in [0.25, 0.3) is 0 Å². The van der Waals surface area contributed by atoms with Gasteiger partial charge in [-0.2, -0.15) is 0 Å². The Morgan fingerprint density at radius 3 is 2.42 bits per heavy atom. The van der Waals surface area contributed by atoms with Crippen LogP contribution in [0.2, 0.25) is 0 Å². The van der Waals surface area contributed by atoms with Crippen molar-refractivity contribution in [3.05, 3.63) is 35.4 Å². The number of hydrogen-bond donors (Lipinski definition) is 1. The molecule has 1 atom stereocenters. The quantitative estimate of drug-likeness (QED) is 0.845. The lowest BCUT2D eigenvalue weighted by atomic mass is 9.72. The SMILES string of the molecule is CC(C)CC1(C(O)c2cccc(F)c2F)CCCC1. The first kappa shape index (κ1) is 14.4. The Morgan fingerprint density at radius 1 is 1.21 bits per heavy atom. The van der Waals surface area contributed by atoms with E-state index >= 15 is 0 Å². The molecule has 0 saturated heterocycles. The Bertz CT molecular complexity index is 436. The molecular weight excluding hydrogens is 246 g/mol. The molecule has 1 saturated carbocycles. The second kappa shape index (κ2) is 5.58. The van der Waals surface area contributed by atoms with Gasteiger partial charge in [-0.3, -0.25) is 0 Å². The van der Waals surface area contributed by atoms with E-state index in [0.717, 1.165) is 38.2 Å². The molecule has 0 amide bonds. The highest BCUT2D eigenvalue weighted by atomic mass is 19.2. The zero-order valence-corrected chi connectivity index (χ0v) is 11.6. The van der Waals surface area contributed by atoms with Crippen LogP contribution >= 0.6 is 0 Å². The maximum absolute atomic E-state index is 13.9. The van der Waals surface area contributed by atoms with Gasteiger partial charge in [-0.15, -0.1) is 0 Å². The molecule has 3 heteroatoms. The van der Waals surface area contributed by atoms with Gasteiger partial charge in [-0.1, -0.05) is 38.8 Å². The van der Waals surface area contributed by atoms with Crippen molar-refractivity contribution in [3.63, 3.8) is 0 Å². The van der Waals surface area contributed by atoms with Gasteiger partial charge in [-0.05, 0) is 31.2 Å². The summed E-state index contributed by atoms with van der Waals surface area (Å²) >= 11 is 0. The average Bonchev–Trinajstić information content (AvgIpc) is 2.80. The van der Waals surface area contributed by atoms with Gasteiger partial charge in [0.15, 0.2) is 11.6 Å². The Kier molecular flexibility index (Phi) is 4.24. The van der Waals surface area contributed by atoms with Crippen molar-refractivity contribution in [1.29, 1.82) is 0 Å². The van der Waals surface area contributed by atoms with Gasteiger partial charge in [0.25, 0.3) is 0 Å². The number of halogens is 2. The molecule has 0 aliphatic heterocycles. The molecule has 1 aromatic rings. The molecule has 0 radical (unpaired) electrons. The predicted molar refractivity (Wildman–Crippen MR) is 71.7 cm³/mol. The highest BCUT2D eigenvalue weighted by Gasteiger charge is 2.42. The van der Waals surface area contributed by atoms with E-state index in [0.29, 0.717) is 5.92 Å². The third-order valence-corrected chi connectivity index (χ3v) is 4.27. The van der Waals surface area contributed by atoms with E-state index in [4.69, 9.17) is 0 Å². The molecule has 19 heavy (non-hydrogen) atoms. The van der Waals surface area contributed by atoms with Crippen LogP contribution in [0, 0.1) is 23.0 Å². The van der Waals surface area contributed by atoms with Crippen molar-refractivity contribution >= 4 is 0 Å². The standard InChI is InChI=1S/C16H22F2O/c1-11(2)10-16(8-3-4-9-16)15(19)12-6-5-7-13(17)14(12)18/h5-7,11,15,19H,3-4,8-10H2,1-2H3. The van der Waals surface area contributed by atoms with E-state index in [1.807, 2.05) is 0 Å². The topological polar surface area (TPSA) is 20.2 Å². The van der Waals surface area contributed by atoms with E-state index in [9.17, 15) is 13.9 Å². The van der Waals surface area contributed by atoms with Crippen molar-refractivity contribution < 1.29 is 13.9 Å². The fraction of sp³-hybridized carbons (Fsp3) is 0.625. The van der Waals surface area contributed by atoms with Crippen LogP contribution in [-0.4, -0.2) is 5.11 Å². The summed E-state index contributed by atoms with van der Waals surface area (Å²) in [6.45, 7) is 4.21. The van der Waals surface area contributed by atoms with Crippen LogP contribution in [-0.2, 0) is 0 Å². The Hall–Kier alpha value is -0.960. The Labute approximate surface area is 113 Å². The lowest BCUT2D eigenvalue weighted by Crippen LogP contribution is -2.28. The summed E-state index contributed by atoms with van der Waals surface area (Å²) in [5.41, 5.74) is -0.175. The molecule has 106 valence electrons. The molecule has 1 unspecified atom stereocenters. The summed E-state index contributed by atoms with van der Waals surface area (Å²) in [6, 6.07) is 4.06. The zero-order chi connectivity index (χ0) is 14.0. The maximum atomic E-state index is 13.9. The summed E-state index contributed by atoms with van der Waals surface area (Å²) in [4.78, 5) is 0. The molecule has 1 nitrogen and oxygen atoms in total. The van der Waals surface area contributed by atoms with Gasteiger partial charge in [-0.25, -0.2) is 8.78 Å². The normalized spacial score (nSPS) is 19.9. The second-order valence-electron chi connectivity index (χ2n) is 6.21. The minimum atomic E-state index is -0.909. The minimum absolute atomic E-state index is 0.113. The van der Waals surface area contributed by atoms with E-state index in [-0.39, 0.29) is 11.0 Å². The highest BCUT2D eigenvalue weighted by molar-refractivity contribution is 5.23. The molecular formula is C16H22F2O. The van der Waals surface area contributed by atoms with Crippen molar-refractivity contribution in [1.82, 2.24) is 0 Å². The van der Waals surface area contributed by atoms with Crippen molar-refractivity contribution in [2.24, 2.45) is 11.3 Å². The van der Waals surface area contributed by atoms with E-state index in [2.05, 4.69) is 13.8 Å². The molecule has 0 bridgehead atoms. The highest BCUT2D eigenvalue weighted by Crippen LogP contribution is 2.52. The molecule has 1 N–H and O–H groups in total. The molecule has 1 aliphatic rings. The lowest BCUT2D eigenvalue weighted by Gasteiger charge is -2.36. The third kappa shape index (κ3) is 2.81. The fourth-order valence-electron chi connectivity index (χ4n) is 3.54. The number of benzene rings is 1. The van der Waals surface area contributed by atoms with Gasteiger partial charge < -0.3 is 5.11 Å². The van der Waals surface area contributed by atoms with Crippen LogP contribution in [0.3, 0.4) is 0 Å². The molecule has 1 fully saturated rings. The third-order valence-electron chi connectivity index (χ3n) is 4.27. The smallest absolute Gasteiger partial charge is 0.164 e. The van der Waals surface area contributed by atoms with Crippen molar-refractivity contribution in [2.45, 2.75) is 52.1 Å². The molecule has 1 aromatic carbocycles. The number of rotatable bonds is 4. The summed E-state index contributed by atoms with van der Waals surface area (Å²) in [7, 11) is 0. The molecule has 0 spiro atoms. The number of hydrogen-bond acceptors (Lipinski definition) is 1. The van der Waals surface area contributed by atoms with Crippen molar-refractivity contribution in [2.75, 3.05) is 0 Å². The Morgan fingerprint density at radius 2 is 1.84 bits per heavy atom. The van der Waals surface area contributed by atoms with Crippen LogP contribution in [0.1, 0.15) is 57.6 Å². The van der Waals surface area contributed by atoms with Gasteiger partial charge >= 0.3 is 0 Å². The number of aliphatic hydroxyl groups excluding tert-OH is 1. The summed E-state index contributed by atoms with van der Waals surface area (Å²) in [5.74, 6) is -1.34. The van der Waals surface area contributed by atoms with Crippen molar-refractivity contribution in [3.8, 4) is 0 Å². The fourth-order valence-corrected chi connectivity index (χ4v) is 3.54. The predicted octanol–water partition coefficient (Wildman–Crippen LogP) is 4.60. The monoisotopic (exact) mass is 268 g/mol. The first-order valence-corrected chi connectivity index (χ1v) is 7.08. The number of aliphatic hydroxyl groups is 1. The van der Waals surface area contributed by atoms with Crippen LogP contribution in [0.15, 0.2) is 18.2 Å². The average molecular weight is 268 g/mol. The summed E-state index contributed by atoms with van der Waals surface area (Å²) in [5, 5.41) is 10.6. The zero-order valence-electron chi connectivity index (χ0n) is 11.6. The maximum Gasteiger partial charge on any atom is 0.164 e. The van der Waals surface area contributed by atoms with Crippen LogP contribution in [0.4, 0.5) is 8.78 Å². The van der Waals surface area contributed by atoms with Gasteiger partial charge in [0.2, 0.25) is 0 Å². The van der Waals surface area contributed by atoms with Crippen LogP contribution in [0.5, 0.6) is 0 Å². The molecule has 1 aliphatic carbocycles. The first-order valence-electron chi connectivity index (χ1n) is 7.08. The van der Waals surface area contributed by atoms with E-state index < -0.39 is 17.7 Å². The van der Waals surface area contributed by atoms with Gasteiger partial charge in [0.1, 0.15) is 0 Å². The van der Waals surface area contributed by atoms with Crippen LogP contribution < -0.4 is 0 Å². The lowest BCUT2D eigenvalue weighted by molar-refractivity contribution is 0.00834. The van der Waals surface area contributed by atoms with Gasteiger partial charge in [0.05, 0.1) is 6.10 Å². The first-order chi connectivity index (χ1) is 8.96. The minimum Gasteiger partial charge on any atom is -0.388 e. The van der Waals surface area contributed by atoms with E-state index in [1.54, 1.807) is 0 Å². The molecule has 0 aromatic heterocycles. The largest absolute Gasteiger partial charge is 0.388 e. The second-order valence-corrected chi connectivity index (χ2v) is 6.21. The summed E-state index contributed by atoms with van der Waals surface area (Å²) < 4.78 is 27.2. The molecule has 2 rings (SSSR count). The van der Waals surface area contributed by atoms with Gasteiger partial charge in [0, 0.05) is 11.0 Å². The Balaban J connectivity index is 2.34. The molecule has 0 heterocycles. The van der Waals surface area contributed by atoms with E-state index in [1.165, 1.54) is 12.1 Å².